The first kappa shape index (κ1) is 12.2. The molecule has 1 aliphatic heterocycles. The van der Waals surface area contributed by atoms with Gasteiger partial charge in [0.15, 0.2) is 0 Å². The number of nitrogens with zero attached hydrogens (tertiary/aromatic N) is 1. The fraction of sp³-hybridized carbons (Fsp3) is 0.143. The van der Waals surface area contributed by atoms with E-state index in [0.717, 1.165) is 0 Å². The van der Waals surface area contributed by atoms with Crippen molar-refractivity contribution in [2.24, 2.45) is 0 Å². The lowest BCUT2D eigenvalue weighted by Gasteiger charge is -2.25. The third-order valence-corrected chi connectivity index (χ3v) is 3.14. The summed E-state index contributed by atoms with van der Waals surface area (Å²) in [5, 5.41) is 2.75. The Morgan fingerprint density at radius 3 is 2.90 bits per heavy atom. The van der Waals surface area contributed by atoms with E-state index in [1.54, 1.807) is 0 Å². The van der Waals surface area contributed by atoms with Crippen LogP contribution in [-0.4, -0.2) is 18.5 Å². The molecule has 1 aromatic heterocycles. The van der Waals surface area contributed by atoms with Gasteiger partial charge >= 0.3 is 6.03 Å². The largest absolute Gasteiger partial charge is 0.462 e. The summed E-state index contributed by atoms with van der Waals surface area (Å²) in [6.45, 7) is 0.238. The Morgan fingerprint density at radius 2 is 2.20 bits per heavy atom. The van der Waals surface area contributed by atoms with Crippen molar-refractivity contribution < 1.29 is 18.4 Å². The molecule has 3 rings (SSSR count). The van der Waals surface area contributed by atoms with E-state index in [4.69, 9.17) is 10.8 Å². The van der Waals surface area contributed by atoms with E-state index in [1.807, 2.05) is 0 Å². The predicted molar refractivity (Wildman–Crippen MR) is 69.6 cm³/mol. The van der Waals surface area contributed by atoms with Gasteiger partial charge in [-0.05, 0) is 6.07 Å². The normalized spacial score (nSPS) is 15.3. The lowest BCUT2D eigenvalue weighted by atomic mass is 10.1. The molecule has 0 spiro atoms. The zero-order valence-electron chi connectivity index (χ0n) is 10.3. The van der Waals surface area contributed by atoms with Gasteiger partial charge in [-0.15, -0.1) is 6.42 Å². The van der Waals surface area contributed by atoms with Crippen molar-refractivity contribution in [2.75, 3.05) is 11.4 Å². The minimum atomic E-state index is -0.556. The number of rotatable bonds is 1. The second kappa shape index (κ2) is 4.38. The van der Waals surface area contributed by atoms with Crippen molar-refractivity contribution in [1.82, 2.24) is 5.32 Å². The molecule has 1 aliphatic rings. The molecule has 0 aliphatic carbocycles. The molecular weight excluding hydrogens is 263 g/mol. The predicted octanol–water partition coefficient (Wildman–Crippen LogP) is 2.00. The van der Waals surface area contributed by atoms with Gasteiger partial charge in [-0.25, -0.2) is 9.18 Å². The van der Waals surface area contributed by atoms with E-state index in [2.05, 4.69) is 11.2 Å². The summed E-state index contributed by atoms with van der Waals surface area (Å²) in [4.78, 5) is 24.3. The van der Waals surface area contributed by atoms with Crippen LogP contribution in [0.3, 0.4) is 0 Å². The maximum absolute atomic E-state index is 13.6. The van der Waals surface area contributed by atoms with Crippen LogP contribution >= 0.6 is 0 Å². The minimum absolute atomic E-state index is 0.0913. The Balaban J connectivity index is 2.11. The molecule has 1 saturated heterocycles. The maximum Gasteiger partial charge on any atom is 0.328 e. The summed E-state index contributed by atoms with van der Waals surface area (Å²) in [7, 11) is 0. The first-order chi connectivity index (χ1) is 9.60. The molecule has 2 aromatic rings. The molecule has 2 heterocycles. The average molecular weight is 272 g/mol. The monoisotopic (exact) mass is 272 g/mol. The molecule has 1 fully saturated rings. The molecule has 0 radical (unpaired) electrons. The van der Waals surface area contributed by atoms with Crippen LogP contribution in [0.1, 0.15) is 12.0 Å². The Labute approximate surface area is 113 Å². The zero-order chi connectivity index (χ0) is 14.3. The van der Waals surface area contributed by atoms with Crippen molar-refractivity contribution in [3.63, 3.8) is 0 Å². The van der Waals surface area contributed by atoms with E-state index in [-0.39, 0.29) is 24.4 Å². The number of halogens is 1. The molecule has 0 atom stereocenters. The van der Waals surface area contributed by atoms with E-state index >= 15 is 0 Å². The van der Waals surface area contributed by atoms with Crippen LogP contribution in [0.25, 0.3) is 11.0 Å². The van der Waals surface area contributed by atoms with Crippen molar-refractivity contribution in [2.45, 2.75) is 6.42 Å². The molecule has 3 amide bonds. The quantitative estimate of drug-likeness (QED) is 0.808. The molecule has 6 heteroatoms. The SMILES string of the molecule is C#Cc1cc2c(N3CCC(=O)NC3=O)coc2cc1F. The topological polar surface area (TPSA) is 62.6 Å². The summed E-state index contributed by atoms with van der Waals surface area (Å²) in [6, 6.07) is 2.10. The molecule has 100 valence electrons. The number of imide groups is 1. The number of carbonyl (C=O) groups is 2. The Bertz CT molecular complexity index is 773. The molecule has 1 N–H and O–H groups in total. The van der Waals surface area contributed by atoms with Crippen molar-refractivity contribution in [3.8, 4) is 12.3 Å². The number of carbonyl (C=O) groups excluding carboxylic acids is 2. The van der Waals surface area contributed by atoms with Gasteiger partial charge in [0.25, 0.3) is 0 Å². The highest BCUT2D eigenvalue weighted by Crippen LogP contribution is 2.31. The van der Waals surface area contributed by atoms with Crippen LogP contribution in [0.4, 0.5) is 14.9 Å². The van der Waals surface area contributed by atoms with Crippen LogP contribution in [0, 0.1) is 18.2 Å². The van der Waals surface area contributed by atoms with E-state index in [9.17, 15) is 14.0 Å². The fourth-order valence-electron chi connectivity index (χ4n) is 2.15. The number of urea groups is 1. The van der Waals surface area contributed by atoms with Crippen molar-refractivity contribution in [3.05, 3.63) is 29.8 Å². The van der Waals surface area contributed by atoms with Crippen LogP contribution in [0.2, 0.25) is 0 Å². The first-order valence-corrected chi connectivity index (χ1v) is 5.89. The summed E-state index contributed by atoms with van der Waals surface area (Å²) >= 11 is 0. The van der Waals surface area contributed by atoms with E-state index < -0.39 is 11.8 Å². The minimum Gasteiger partial charge on any atom is -0.462 e. The molecule has 0 bridgehead atoms. The van der Waals surface area contributed by atoms with Crippen LogP contribution in [-0.2, 0) is 4.79 Å². The van der Waals surface area contributed by atoms with Gasteiger partial charge in [0.1, 0.15) is 17.7 Å². The smallest absolute Gasteiger partial charge is 0.328 e. The molecule has 0 unspecified atom stereocenters. The highest BCUT2D eigenvalue weighted by molar-refractivity contribution is 6.09. The molecule has 20 heavy (non-hydrogen) atoms. The summed E-state index contributed by atoms with van der Waals surface area (Å²) in [5.74, 6) is 1.35. The number of furan rings is 1. The number of terminal acetylenes is 1. The first-order valence-electron chi connectivity index (χ1n) is 5.89. The van der Waals surface area contributed by atoms with Crippen molar-refractivity contribution >= 4 is 28.6 Å². The number of fused-ring (bicyclic) bond motifs is 1. The number of nitrogens with one attached hydrogen (secondary N) is 1. The molecule has 5 nitrogen and oxygen atoms in total. The summed E-state index contributed by atoms with van der Waals surface area (Å²) in [5.41, 5.74) is 0.844. The van der Waals surface area contributed by atoms with Gasteiger partial charge in [-0.2, -0.15) is 0 Å². The molecule has 1 aromatic carbocycles. The van der Waals surface area contributed by atoms with Gasteiger partial charge in [0.2, 0.25) is 5.91 Å². The highest BCUT2D eigenvalue weighted by atomic mass is 19.1. The van der Waals surface area contributed by atoms with Crippen molar-refractivity contribution in [1.29, 1.82) is 0 Å². The second-order valence-corrected chi connectivity index (χ2v) is 4.35. The number of anilines is 1. The number of hydrogen-bond donors (Lipinski definition) is 1. The van der Waals surface area contributed by atoms with Crippen LogP contribution in [0.15, 0.2) is 22.8 Å². The Kier molecular flexibility index (Phi) is 2.68. The van der Waals surface area contributed by atoms with E-state index in [1.165, 1.54) is 23.3 Å². The average Bonchev–Trinajstić information content (AvgIpc) is 2.80. The zero-order valence-corrected chi connectivity index (χ0v) is 10.3. The summed E-state index contributed by atoms with van der Waals surface area (Å²) in [6.07, 6.45) is 6.77. The lowest BCUT2D eigenvalue weighted by Crippen LogP contribution is -2.49. The lowest BCUT2D eigenvalue weighted by molar-refractivity contribution is -0.120. The number of benzene rings is 1. The second-order valence-electron chi connectivity index (χ2n) is 4.35. The molecule has 0 saturated carbocycles. The van der Waals surface area contributed by atoms with Gasteiger partial charge < -0.3 is 4.42 Å². The third-order valence-electron chi connectivity index (χ3n) is 3.14. The molecular formula is C14H9FN2O3. The number of amides is 3. The Hall–Kier alpha value is -2.81. The van der Waals surface area contributed by atoms with E-state index in [0.29, 0.717) is 16.7 Å². The van der Waals surface area contributed by atoms with Gasteiger partial charge in [-0.3, -0.25) is 15.0 Å². The summed E-state index contributed by atoms with van der Waals surface area (Å²) < 4.78 is 18.8. The number of hydrogen-bond acceptors (Lipinski definition) is 3. The third kappa shape index (κ3) is 1.80. The maximum atomic E-state index is 13.6. The fourth-order valence-corrected chi connectivity index (χ4v) is 2.15. The Morgan fingerprint density at radius 1 is 1.40 bits per heavy atom. The van der Waals surface area contributed by atoms with Gasteiger partial charge in [-0.1, -0.05) is 5.92 Å². The van der Waals surface area contributed by atoms with Gasteiger partial charge in [0, 0.05) is 24.4 Å². The van der Waals surface area contributed by atoms with Crippen LogP contribution < -0.4 is 10.2 Å². The highest BCUT2D eigenvalue weighted by Gasteiger charge is 2.27. The van der Waals surface area contributed by atoms with Gasteiger partial charge in [0.05, 0.1) is 11.3 Å². The standard InChI is InChI=1S/C14H9FN2O3/c1-2-8-5-9-11(7-20-12(9)6-10(8)15)17-4-3-13(18)16-14(17)19/h1,5-7H,3-4H2,(H,16,18,19). The van der Waals surface area contributed by atoms with Crippen LogP contribution in [0.5, 0.6) is 0 Å².